The monoisotopic (exact) mass is 368 g/mol. The summed E-state index contributed by atoms with van der Waals surface area (Å²) < 4.78 is 0. The Balaban J connectivity index is 1.75. The van der Waals surface area contributed by atoms with Gasteiger partial charge in [0.25, 0.3) is 0 Å². The molecule has 0 aliphatic heterocycles. The van der Waals surface area contributed by atoms with E-state index in [-0.39, 0.29) is 0 Å². The number of fused-ring (bicyclic) bond motifs is 4. The van der Waals surface area contributed by atoms with E-state index in [1.54, 1.807) is 0 Å². The van der Waals surface area contributed by atoms with Gasteiger partial charge in [-0.05, 0) is 91.0 Å². The van der Waals surface area contributed by atoms with Gasteiger partial charge in [0.15, 0.2) is 0 Å². The van der Waals surface area contributed by atoms with Crippen molar-refractivity contribution in [2.75, 3.05) is 0 Å². The maximum absolute atomic E-state index is 2.35. The summed E-state index contributed by atoms with van der Waals surface area (Å²) in [6.45, 7) is 2.23. The molecule has 0 nitrogen and oxygen atoms in total. The first kappa shape index (κ1) is 16.3. The third kappa shape index (κ3) is 2.53. The van der Waals surface area contributed by atoms with Crippen LogP contribution in [-0.2, 0) is 0 Å². The maximum Gasteiger partial charge on any atom is -0.00697 e. The number of hydrogen-bond acceptors (Lipinski definition) is 0. The van der Waals surface area contributed by atoms with Crippen molar-refractivity contribution < 1.29 is 0 Å². The fourth-order valence-corrected chi connectivity index (χ4v) is 4.67. The van der Waals surface area contributed by atoms with Crippen LogP contribution in [0.25, 0.3) is 54.2 Å². The van der Waals surface area contributed by atoms with Crippen molar-refractivity contribution >= 4 is 43.1 Å². The molecular formula is C29H20. The smallest absolute Gasteiger partial charge is 0.00697 e. The summed E-state index contributed by atoms with van der Waals surface area (Å²) in [5, 5.41) is 10.4. The van der Waals surface area contributed by atoms with Crippen molar-refractivity contribution in [3.8, 4) is 11.1 Å². The summed E-state index contributed by atoms with van der Waals surface area (Å²) in [5.41, 5.74) is 3.97. The molecule has 0 bridgehead atoms. The van der Waals surface area contributed by atoms with Gasteiger partial charge < -0.3 is 0 Å². The van der Waals surface area contributed by atoms with E-state index >= 15 is 0 Å². The lowest BCUT2D eigenvalue weighted by molar-refractivity contribution is 1.50. The lowest BCUT2D eigenvalue weighted by Crippen LogP contribution is -1.89. The Kier molecular flexibility index (Phi) is 3.48. The minimum Gasteiger partial charge on any atom is -0.0616 e. The second-order valence-electron chi connectivity index (χ2n) is 7.90. The summed E-state index contributed by atoms with van der Waals surface area (Å²) >= 11 is 0. The highest BCUT2D eigenvalue weighted by Gasteiger charge is 2.12. The molecule has 0 heterocycles. The zero-order valence-corrected chi connectivity index (χ0v) is 16.3. The molecule has 0 aliphatic rings. The van der Waals surface area contributed by atoms with E-state index in [9.17, 15) is 0 Å². The van der Waals surface area contributed by atoms with Crippen LogP contribution in [0.1, 0.15) is 5.56 Å². The normalized spacial score (nSPS) is 11.6. The van der Waals surface area contributed by atoms with Crippen LogP contribution in [0.3, 0.4) is 0 Å². The van der Waals surface area contributed by atoms with E-state index in [2.05, 4.69) is 110 Å². The van der Waals surface area contributed by atoms with E-state index in [4.69, 9.17) is 0 Å². The SMILES string of the molecule is Cc1ccc2cc3ccccc3cc2c1-c1cccc2cc3ccccc3cc12. The van der Waals surface area contributed by atoms with Crippen molar-refractivity contribution in [1.82, 2.24) is 0 Å². The zero-order valence-electron chi connectivity index (χ0n) is 16.3. The molecule has 0 radical (unpaired) electrons. The van der Waals surface area contributed by atoms with Crippen molar-refractivity contribution in [1.29, 1.82) is 0 Å². The van der Waals surface area contributed by atoms with Crippen LogP contribution < -0.4 is 0 Å². The van der Waals surface area contributed by atoms with Crippen LogP contribution in [0, 0.1) is 6.92 Å². The molecule has 0 fully saturated rings. The average Bonchev–Trinajstić information content (AvgIpc) is 2.76. The molecule has 0 spiro atoms. The molecule has 0 atom stereocenters. The molecule has 0 unspecified atom stereocenters. The molecule has 6 rings (SSSR count). The second-order valence-corrected chi connectivity index (χ2v) is 7.90. The van der Waals surface area contributed by atoms with Gasteiger partial charge >= 0.3 is 0 Å². The van der Waals surface area contributed by atoms with Gasteiger partial charge in [-0.15, -0.1) is 0 Å². The zero-order chi connectivity index (χ0) is 19.4. The van der Waals surface area contributed by atoms with E-state index in [0.29, 0.717) is 0 Å². The van der Waals surface area contributed by atoms with Crippen LogP contribution in [0.5, 0.6) is 0 Å². The summed E-state index contributed by atoms with van der Waals surface area (Å²) in [5.74, 6) is 0. The maximum atomic E-state index is 2.35. The number of hydrogen-bond donors (Lipinski definition) is 0. The molecule has 0 aliphatic carbocycles. The largest absolute Gasteiger partial charge is 0.0616 e. The minimum atomic E-state index is 1.29. The Bertz CT molecular complexity index is 1550. The van der Waals surface area contributed by atoms with Gasteiger partial charge in [0.2, 0.25) is 0 Å². The minimum absolute atomic E-state index is 1.29. The lowest BCUT2D eigenvalue weighted by Gasteiger charge is -2.15. The number of benzene rings is 6. The summed E-state index contributed by atoms with van der Waals surface area (Å²) in [6.07, 6.45) is 0. The molecule has 0 heteroatoms. The quantitative estimate of drug-likeness (QED) is 0.256. The predicted octanol–water partition coefficient (Wildman–Crippen LogP) is 8.27. The second kappa shape index (κ2) is 6.18. The first-order valence-corrected chi connectivity index (χ1v) is 10.1. The van der Waals surface area contributed by atoms with Crippen LogP contribution in [0.2, 0.25) is 0 Å². The fraction of sp³-hybridized carbons (Fsp3) is 0.0345. The van der Waals surface area contributed by atoms with Gasteiger partial charge in [-0.3, -0.25) is 0 Å². The molecule has 0 amide bonds. The van der Waals surface area contributed by atoms with Crippen molar-refractivity contribution in [2.45, 2.75) is 6.92 Å². The molecule has 136 valence electrons. The van der Waals surface area contributed by atoms with E-state index in [1.165, 1.54) is 59.8 Å². The molecule has 0 N–H and O–H groups in total. The Morgan fingerprint density at radius 3 is 1.59 bits per heavy atom. The molecule has 29 heavy (non-hydrogen) atoms. The van der Waals surface area contributed by atoms with Gasteiger partial charge in [-0.25, -0.2) is 0 Å². The van der Waals surface area contributed by atoms with Gasteiger partial charge in [-0.1, -0.05) is 78.9 Å². The van der Waals surface area contributed by atoms with E-state index < -0.39 is 0 Å². The van der Waals surface area contributed by atoms with Crippen LogP contribution >= 0.6 is 0 Å². The van der Waals surface area contributed by atoms with Gasteiger partial charge in [-0.2, -0.15) is 0 Å². The van der Waals surface area contributed by atoms with Gasteiger partial charge in [0.05, 0.1) is 0 Å². The average molecular weight is 368 g/mol. The lowest BCUT2D eigenvalue weighted by atomic mass is 9.89. The first-order chi connectivity index (χ1) is 14.3. The van der Waals surface area contributed by atoms with Crippen molar-refractivity contribution in [3.05, 3.63) is 109 Å². The molecule has 6 aromatic carbocycles. The fourth-order valence-electron chi connectivity index (χ4n) is 4.67. The molecule has 6 aromatic rings. The van der Waals surface area contributed by atoms with Gasteiger partial charge in [0.1, 0.15) is 0 Å². The van der Waals surface area contributed by atoms with E-state index in [0.717, 1.165) is 0 Å². The molecular weight excluding hydrogens is 348 g/mol. The highest BCUT2D eigenvalue weighted by Crippen LogP contribution is 2.39. The van der Waals surface area contributed by atoms with Gasteiger partial charge in [0, 0.05) is 0 Å². The van der Waals surface area contributed by atoms with Crippen LogP contribution in [-0.4, -0.2) is 0 Å². The van der Waals surface area contributed by atoms with E-state index in [1.807, 2.05) is 0 Å². The summed E-state index contributed by atoms with van der Waals surface area (Å²) in [4.78, 5) is 0. The predicted molar refractivity (Wildman–Crippen MR) is 127 cm³/mol. The Hall–Kier alpha value is -3.64. The van der Waals surface area contributed by atoms with Crippen LogP contribution in [0.4, 0.5) is 0 Å². The van der Waals surface area contributed by atoms with Crippen LogP contribution in [0.15, 0.2) is 103 Å². The standard InChI is InChI=1S/C29H20/c1-19-13-14-25-16-21-8-3-5-10-23(21)18-28(25)29(19)26-12-6-11-24-15-20-7-2-4-9-22(20)17-27(24)26/h2-18H,1H3. The molecule has 0 saturated carbocycles. The van der Waals surface area contributed by atoms with Crippen molar-refractivity contribution in [2.24, 2.45) is 0 Å². The highest BCUT2D eigenvalue weighted by atomic mass is 14.2. The Morgan fingerprint density at radius 1 is 0.414 bits per heavy atom. The summed E-state index contributed by atoms with van der Waals surface area (Å²) in [6, 6.07) is 37.8. The third-order valence-electron chi connectivity index (χ3n) is 6.11. The molecule has 0 aromatic heterocycles. The first-order valence-electron chi connectivity index (χ1n) is 10.1. The Labute approximate surface area is 170 Å². The third-order valence-corrected chi connectivity index (χ3v) is 6.11. The van der Waals surface area contributed by atoms with Crippen molar-refractivity contribution in [3.63, 3.8) is 0 Å². The molecule has 0 saturated heterocycles. The topological polar surface area (TPSA) is 0 Å². The number of rotatable bonds is 1. The highest BCUT2D eigenvalue weighted by molar-refractivity contribution is 6.12. The summed E-state index contributed by atoms with van der Waals surface area (Å²) in [7, 11) is 0. The number of aryl methyl sites for hydroxylation is 1. The Morgan fingerprint density at radius 2 is 0.931 bits per heavy atom.